The summed E-state index contributed by atoms with van der Waals surface area (Å²) in [5.41, 5.74) is 6.14. The Labute approximate surface area is 151 Å². The molecule has 0 bridgehead atoms. The predicted octanol–water partition coefficient (Wildman–Crippen LogP) is 0.386. The van der Waals surface area contributed by atoms with Crippen LogP contribution in [-0.2, 0) is 17.8 Å². The molecule has 26 heavy (non-hydrogen) atoms. The van der Waals surface area contributed by atoms with Gasteiger partial charge in [-0.2, -0.15) is 5.10 Å². The van der Waals surface area contributed by atoms with Gasteiger partial charge < -0.3 is 21.5 Å². The summed E-state index contributed by atoms with van der Waals surface area (Å²) >= 11 is 0. The lowest BCUT2D eigenvalue weighted by Gasteiger charge is -2.16. The molecule has 2 aromatic rings. The molecule has 0 aliphatic rings. The number of carbonyl (C=O) groups excluding carboxylic acids is 2. The van der Waals surface area contributed by atoms with Crippen molar-refractivity contribution in [2.75, 3.05) is 6.54 Å². The largest absolute Gasteiger partial charge is 0.508 e. The molecule has 1 heterocycles. The summed E-state index contributed by atoms with van der Waals surface area (Å²) in [5.74, 6) is 1.05. The molecule has 3 amide bonds. The van der Waals surface area contributed by atoms with Gasteiger partial charge in [0.15, 0.2) is 0 Å². The van der Waals surface area contributed by atoms with Gasteiger partial charge in [-0.3, -0.25) is 9.48 Å². The number of hydrogen-bond acceptors (Lipinski definition) is 5. The van der Waals surface area contributed by atoms with Crippen LogP contribution >= 0.6 is 0 Å². The Kier molecular flexibility index (Phi) is 6.54. The molecule has 0 unspecified atom stereocenters. The molecule has 9 heteroatoms. The maximum atomic E-state index is 12.0. The summed E-state index contributed by atoms with van der Waals surface area (Å²) in [5, 5.41) is 18.8. The van der Waals surface area contributed by atoms with E-state index < -0.39 is 18.0 Å². The van der Waals surface area contributed by atoms with Crippen LogP contribution in [0.1, 0.15) is 23.6 Å². The topological polar surface area (TPSA) is 135 Å². The summed E-state index contributed by atoms with van der Waals surface area (Å²) < 4.78 is 1.78. The van der Waals surface area contributed by atoms with Crippen LogP contribution < -0.4 is 16.4 Å². The van der Waals surface area contributed by atoms with Crippen LogP contribution in [0.3, 0.4) is 0 Å². The van der Waals surface area contributed by atoms with Crippen LogP contribution in [-0.4, -0.2) is 44.4 Å². The van der Waals surface area contributed by atoms with Crippen LogP contribution in [0.15, 0.2) is 24.3 Å². The normalized spacial score (nSPS) is 11.8. The fourth-order valence-corrected chi connectivity index (χ4v) is 2.50. The Morgan fingerprint density at radius 1 is 1.27 bits per heavy atom. The van der Waals surface area contributed by atoms with Crippen molar-refractivity contribution in [2.24, 2.45) is 5.73 Å². The molecule has 1 atom stereocenters. The maximum Gasteiger partial charge on any atom is 0.315 e. The second-order valence-electron chi connectivity index (χ2n) is 6.01. The van der Waals surface area contributed by atoms with Gasteiger partial charge in [0.1, 0.15) is 23.4 Å². The number of amides is 3. The first-order valence-corrected chi connectivity index (χ1v) is 8.35. The first kappa shape index (κ1) is 19.2. The van der Waals surface area contributed by atoms with Crippen molar-refractivity contribution in [3.63, 3.8) is 0 Å². The van der Waals surface area contributed by atoms with E-state index >= 15 is 0 Å². The summed E-state index contributed by atoms with van der Waals surface area (Å²) in [7, 11) is 0. The number of benzene rings is 1. The van der Waals surface area contributed by atoms with E-state index in [1.165, 1.54) is 12.1 Å². The van der Waals surface area contributed by atoms with E-state index in [2.05, 4.69) is 20.7 Å². The molecule has 9 nitrogen and oxygen atoms in total. The Hall–Kier alpha value is -3.10. The average molecular weight is 360 g/mol. The molecule has 140 valence electrons. The van der Waals surface area contributed by atoms with Gasteiger partial charge in [0.05, 0.1) is 0 Å². The molecule has 0 aliphatic heterocycles. The fraction of sp³-hybridized carbons (Fsp3) is 0.412. The van der Waals surface area contributed by atoms with Crippen LogP contribution in [0.4, 0.5) is 4.79 Å². The number of primary amides is 1. The van der Waals surface area contributed by atoms with E-state index in [1.54, 1.807) is 16.8 Å². The van der Waals surface area contributed by atoms with E-state index in [0.717, 1.165) is 11.4 Å². The minimum absolute atomic E-state index is 0.132. The lowest BCUT2D eigenvalue weighted by molar-refractivity contribution is -0.119. The number of aryl methyl sites for hydroxylation is 3. The lowest BCUT2D eigenvalue weighted by atomic mass is 10.1. The highest BCUT2D eigenvalue weighted by Crippen LogP contribution is 2.11. The number of nitrogens with one attached hydrogen (secondary N) is 2. The second kappa shape index (κ2) is 8.84. The predicted molar refractivity (Wildman–Crippen MR) is 95.4 cm³/mol. The number of phenolic OH excluding ortho intramolecular Hbond substituents is 1. The standard InChI is InChI=1S/C17H24N6O3/c1-11-20-12(2)23(22-11)9-3-8-19-17(26)21-15(16(18)25)10-13-4-6-14(24)7-5-13/h4-7,15,24H,3,8-10H2,1-2H3,(H2,18,25)(H2,19,21,26)/t15-/m0/s1. The highest BCUT2D eigenvalue weighted by Gasteiger charge is 2.18. The zero-order chi connectivity index (χ0) is 19.1. The molecule has 0 aliphatic carbocycles. The minimum atomic E-state index is -0.834. The number of urea groups is 1. The van der Waals surface area contributed by atoms with Crippen molar-refractivity contribution in [3.05, 3.63) is 41.5 Å². The summed E-state index contributed by atoms with van der Waals surface area (Å²) in [6, 6.07) is 5.09. The number of aromatic nitrogens is 3. The van der Waals surface area contributed by atoms with Gasteiger partial charge in [0.2, 0.25) is 5.91 Å². The van der Waals surface area contributed by atoms with Crippen molar-refractivity contribution >= 4 is 11.9 Å². The monoisotopic (exact) mass is 360 g/mol. The third kappa shape index (κ3) is 5.76. The zero-order valence-corrected chi connectivity index (χ0v) is 14.9. The van der Waals surface area contributed by atoms with Gasteiger partial charge in [0, 0.05) is 19.5 Å². The van der Waals surface area contributed by atoms with Crippen molar-refractivity contribution < 1.29 is 14.7 Å². The summed E-state index contributed by atoms with van der Waals surface area (Å²) in [6.07, 6.45) is 0.927. The number of nitrogens with zero attached hydrogens (tertiary/aromatic N) is 3. The van der Waals surface area contributed by atoms with Gasteiger partial charge in [-0.25, -0.2) is 9.78 Å². The fourth-order valence-electron chi connectivity index (χ4n) is 2.50. The highest BCUT2D eigenvalue weighted by atomic mass is 16.3. The lowest BCUT2D eigenvalue weighted by Crippen LogP contribution is -2.49. The van der Waals surface area contributed by atoms with E-state index in [4.69, 9.17) is 5.73 Å². The maximum absolute atomic E-state index is 12.0. The molecule has 0 radical (unpaired) electrons. The SMILES string of the molecule is Cc1nc(C)n(CCCNC(=O)N[C@@H](Cc2ccc(O)cc2)C(N)=O)n1. The van der Waals surface area contributed by atoms with Gasteiger partial charge >= 0.3 is 6.03 Å². The van der Waals surface area contributed by atoms with Gasteiger partial charge in [-0.1, -0.05) is 12.1 Å². The third-order valence-corrected chi connectivity index (χ3v) is 3.82. The van der Waals surface area contributed by atoms with Crippen LogP contribution in [0, 0.1) is 13.8 Å². The molecular formula is C17H24N6O3. The molecule has 1 aromatic heterocycles. The molecule has 1 aromatic carbocycles. The van der Waals surface area contributed by atoms with Crippen molar-refractivity contribution in [1.82, 2.24) is 25.4 Å². The number of nitrogens with two attached hydrogens (primary N) is 1. The van der Waals surface area contributed by atoms with Crippen LogP contribution in [0.2, 0.25) is 0 Å². The molecule has 0 saturated carbocycles. The Morgan fingerprint density at radius 3 is 2.54 bits per heavy atom. The number of carbonyl (C=O) groups is 2. The van der Waals surface area contributed by atoms with Gasteiger partial charge in [-0.05, 0) is 38.0 Å². The van der Waals surface area contributed by atoms with E-state index in [0.29, 0.717) is 25.3 Å². The quantitative estimate of drug-likeness (QED) is 0.505. The van der Waals surface area contributed by atoms with E-state index in [1.807, 2.05) is 13.8 Å². The van der Waals surface area contributed by atoms with Crippen LogP contribution in [0.5, 0.6) is 5.75 Å². The smallest absolute Gasteiger partial charge is 0.315 e. The number of phenols is 1. The van der Waals surface area contributed by atoms with Gasteiger partial charge in [-0.15, -0.1) is 0 Å². The van der Waals surface area contributed by atoms with Crippen molar-refractivity contribution in [3.8, 4) is 5.75 Å². The van der Waals surface area contributed by atoms with E-state index in [9.17, 15) is 14.7 Å². The van der Waals surface area contributed by atoms with Crippen molar-refractivity contribution in [1.29, 1.82) is 0 Å². The first-order valence-electron chi connectivity index (χ1n) is 8.35. The number of hydrogen-bond donors (Lipinski definition) is 4. The molecule has 0 fully saturated rings. The average Bonchev–Trinajstić information content (AvgIpc) is 2.90. The highest BCUT2D eigenvalue weighted by molar-refractivity contribution is 5.86. The molecule has 2 rings (SSSR count). The number of rotatable bonds is 8. The summed E-state index contributed by atoms with van der Waals surface area (Å²) in [4.78, 5) is 27.8. The minimum Gasteiger partial charge on any atom is -0.508 e. The molecule has 0 saturated heterocycles. The Morgan fingerprint density at radius 2 is 1.96 bits per heavy atom. The van der Waals surface area contributed by atoms with Gasteiger partial charge in [0.25, 0.3) is 0 Å². The van der Waals surface area contributed by atoms with Crippen LogP contribution in [0.25, 0.3) is 0 Å². The molecular weight excluding hydrogens is 336 g/mol. The molecule has 5 N–H and O–H groups in total. The number of aromatic hydroxyl groups is 1. The zero-order valence-electron chi connectivity index (χ0n) is 14.9. The summed E-state index contributed by atoms with van der Waals surface area (Å²) in [6.45, 7) is 4.77. The second-order valence-corrected chi connectivity index (χ2v) is 6.01. The Bertz CT molecular complexity index is 756. The van der Waals surface area contributed by atoms with E-state index in [-0.39, 0.29) is 12.2 Å². The molecule has 0 spiro atoms. The van der Waals surface area contributed by atoms with Crippen molar-refractivity contribution in [2.45, 2.75) is 39.3 Å². The Balaban J connectivity index is 1.77. The first-order chi connectivity index (χ1) is 12.3. The third-order valence-electron chi connectivity index (χ3n) is 3.82.